The van der Waals surface area contributed by atoms with Crippen LogP contribution in [0.25, 0.3) is 0 Å². The zero-order valence-corrected chi connectivity index (χ0v) is 16.1. The van der Waals surface area contributed by atoms with Crippen LogP contribution in [-0.2, 0) is 6.54 Å². The highest BCUT2D eigenvalue weighted by atomic mass is 127. The van der Waals surface area contributed by atoms with E-state index in [1.807, 2.05) is 0 Å². The van der Waals surface area contributed by atoms with Crippen LogP contribution in [0.4, 0.5) is 0 Å². The van der Waals surface area contributed by atoms with Gasteiger partial charge in [-0.15, -0.1) is 24.0 Å². The molecule has 1 aliphatic rings. The van der Waals surface area contributed by atoms with E-state index < -0.39 is 0 Å². The van der Waals surface area contributed by atoms with Gasteiger partial charge in [0.2, 0.25) is 0 Å². The number of thioether (sulfide) groups is 1. The van der Waals surface area contributed by atoms with Crippen molar-refractivity contribution in [3.63, 3.8) is 0 Å². The maximum atomic E-state index is 4.64. The van der Waals surface area contributed by atoms with E-state index in [-0.39, 0.29) is 24.0 Å². The van der Waals surface area contributed by atoms with Gasteiger partial charge in [0.15, 0.2) is 5.96 Å². The number of halogens is 1. The number of rotatable bonds is 5. The maximum Gasteiger partial charge on any atom is 0.191 e. The summed E-state index contributed by atoms with van der Waals surface area (Å²) in [6.07, 6.45) is 2.64. The predicted octanol–water partition coefficient (Wildman–Crippen LogP) is 3.71. The summed E-state index contributed by atoms with van der Waals surface area (Å²) in [6.45, 7) is 7.10. The molecule has 3 nitrogen and oxygen atoms in total. The van der Waals surface area contributed by atoms with Crippen LogP contribution in [0.1, 0.15) is 32.3 Å². The first kappa shape index (κ1) is 18.1. The maximum absolute atomic E-state index is 4.64. The van der Waals surface area contributed by atoms with Crippen LogP contribution < -0.4 is 10.6 Å². The van der Waals surface area contributed by atoms with Gasteiger partial charge in [-0.3, -0.25) is 0 Å². The molecule has 1 saturated heterocycles. The monoisotopic (exact) mass is 425 g/mol. The average molecular weight is 425 g/mol. The molecule has 1 atom stereocenters. The van der Waals surface area contributed by atoms with Crippen molar-refractivity contribution < 1.29 is 0 Å². The van der Waals surface area contributed by atoms with Crippen molar-refractivity contribution in [2.45, 2.75) is 38.0 Å². The average Bonchev–Trinajstić information content (AvgIpc) is 3.05. The van der Waals surface area contributed by atoms with Crippen LogP contribution in [0.2, 0.25) is 0 Å². The Labute approximate surface area is 147 Å². The minimum atomic E-state index is 0. The molecule has 0 radical (unpaired) electrons. The molecule has 2 rings (SSSR count). The first-order valence-corrected chi connectivity index (χ1v) is 8.82. The summed E-state index contributed by atoms with van der Waals surface area (Å²) in [5, 5.41) is 11.1. The summed E-state index contributed by atoms with van der Waals surface area (Å²) in [7, 11) is 0. The normalized spacial score (nSPS) is 22.4. The van der Waals surface area contributed by atoms with Crippen LogP contribution >= 0.6 is 47.1 Å². The third-order valence-electron chi connectivity index (χ3n) is 3.27. The molecule has 0 aliphatic carbocycles. The minimum Gasteiger partial charge on any atom is -0.357 e. The van der Waals surface area contributed by atoms with E-state index in [0.29, 0.717) is 4.75 Å². The predicted molar refractivity (Wildman–Crippen MR) is 103 cm³/mol. The van der Waals surface area contributed by atoms with Crippen LogP contribution in [0.5, 0.6) is 0 Å². The molecular formula is C14H24IN3S2. The van der Waals surface area contributed by atoms with Gasteiger partial charge in [-0.25, -0.2) is 4.99 Å². The van der Waals surface area contributed by atoms with Crippen LogP contribution in [-0.4, -0.2) is 29.5 Å². The minimum absolute atomic E-state index is 0. The lowest BCUT2D eigenvalue weighted by Crippen LogP contribution is -2.43. The Balaban J connectivity index is 0.00000200. The van der Waals surface area contributed by atoms with E-state index in [1.54, 1.807) is 11.3 Å². The van der Waals surface area contributed by atoms with E-state index in [1.165, 1.54) is 24.2 Å². The number of guanidine groups is 1. The van der Waals surface area contributed by atoms with Gasteiger partial charge in [0, 0.05) is 17.8 Å². The SMILES string of the molecule is CCNC(=NCc1ccsc1)NCC1(C)CCCS1.I. The zero-order valence-electron chi connectivity index (χ0n) is 12.1. The van der Waals surface area contributed by atoms with Gasteiger partial charge in [-0.05, 0) is 54.8 Å². The summed E-state index contributed by atoms with van der Waals surface area (Å²) in [4.78, 5) is 4.64. The first-order chi connectivity index (χ1) is 9.22. The van der Waals surface area contributed by atoms with Crippen LogP contribution in [0, 0.1) is 0 Å². The van der Waals surface area contributed by atoms with E-state index in [2.05, 4.69) is 58.1 Å². The molecule has 114 valence electrons. The highest BCUT2D eigenvalue weighted by molar-refractivity contribution is 14.0. The topological polar surface area (TPSA) is 36.4 Å². The molecule has 0 bridgehead atoms. The van der Waals surface area contributed by atoms with E-state index >= 15 is 0 Å². The summed E-state index contributed by atoms with van der Waals surface area (Å²) in [5.41, 5.74) is 1.28. The van der Waals surface area contributed by atoms with Gasteiger partial charge in [-0.1, -0.05) is 0 Å². The molecule has 1 aliphatic heterocycles. The lowest BCUT2D eigenvalue weighted by molar-refractivity contribution is 0.584. The second-order valence-electron chi connectivity index (χ2n) is 5.08. The lowest BCUT2D eigenvalue weighted by Gasteiger charge is -2.24. The Morgan fingerprint density at radius 3 is 2.90 bits per heavy atom. The summed E-state index contributed by atoms with van der Waals surface area (Å²) in [5.74, 6) is 2.23. The lowest BCUT2D eigenvalue weighted by atomic mass is 10.1. The molecule has 1 unspecified atom stereocenters. The molecule has 2 N–H and O–H groups in total. The number of hydrogen-bond acceptors (Lipinski definition) is 3. The number of hydrogen-bond donors (Lipinski definition) is 2. The second kappa shape index (κ2) is 9.15. The van der Waals surface area contributed by atoms with Gasteiger partial charge >= 0.3 is 0 Å². The fraction of sp³-hybridized carbons (Fsp3) is 0.643. The molecule has 20 heavy (non-hydrogen) atoms. The smallest absolute Gasteiger partial charge is 0.191 e. The summed E-state index contributed by atoms with van der Waals surface area (Å²) >= 11 is 3.80. The zero-order chi connectivity index (χ0) is 13.6. The van der Waals surface area contributed by atoms with Gasteiger partial charge < -0.3 is 10.6 Å². The molecule has 1 aromatic heterocycles. The van der Waals surface area contributed by atoms with Crippen molar-refractivity contribution in [3.8, 4) is 0 Å². The van der Waals surface area contributed by atoms with Crippen molar-refractivity contribution in [1.82, 2.24) is 10.6 Å². The third kappa shape index (κ3) is 5.81. The number of nitrogens with zero attached hydrogens (tertiary/aromatic N) is 1. The second-order valence-corrected chi connectivity index (χ2v) is 7.54. The molecule has 0 saturated carbocycles. The molecule has 2 heterocycles. The van der Waals surface area contributed by atoms with Gasteiger partial charge in [0.25, 0.3) is 0 Å². The fourth-order valence-electron chi connectivity index (χ4n) is 2.14. The number of nitrogens with one attached hydrogen (secondary N) is 2. The Bertz CT molecular complexity index is 401. The Morgan fingerprint density at radius 2 is 2.30 bits per heavy atom. The quantitative estimate of drug-likeness (QED) is 0.429. The first-order valence-electron chi connectivity index (χ1n) is 6.89. The Hall–Kier alpha value is 0.0500. The molecule has 1 fully saturated rings. The van der Waals surface area contributed by atoms with Gasteiger partial charge in [-0.2, -0.15) is 23.1 Å². The molecule has 0 spiro atoms. The van der Waals surface area contributed by atoms with Crippen molar-refractivity contribution in [2.24, 2.45) is 4.99 Å². The van der Waals surface area contributed by atoms with E-state index in [0.717, 1.165) is 25.6 Å². The Kier molecular flexibility index (Phi) is 8.28. The summed E-state index contributed by atoms with van der Waals surface area (Å²) < 4.78 is 0.374. The highest BCUT2D eigenvalue weighted by Crippen LogP contribution is 2.36. The van der Waals surface area contributed by atoms with Crippen molar-refractivity contribution in [2.75, 3.05) is 18.8 Å². The van der Waals surface area contributed by atoms with Crippen LogP contribution in [0.15, 0.2) is 21.8 Å². The van der Waals surface area contributed by atoms with Gasteiger partial charge in [0.1, 0.15) is 0 Å². The number of aliphatic imine (C=N–C) groups is 1. The fourth-order valence-corrected chi connectivity index (χ4v) is 4.05. The molecular weight excluding hydrogens is 401 g/mol. The van der Waals surface area contributed by atoms with E-state index in [4.69, 9.17) is 0 Å². The standard InChI is InChI=1S/C14H23N3S2.HI/c1-3-15-13(16-9-12-5-8-18-10-12)17-11-14(2)6-4-7-19-14;/h5,8,10H,3-4,6-7,9,11H2,1-2H3,(H2,15,16,17);1H. The third-order valence-corrected chi connectivity index (χ3v) is 5.54. The van der Waals surface area contributed by atoms with Crippen molar-refractivity contribution >= 4 is 53.0 Å². The van der Waals surface area contributed by atoms with E-state index in [9.17, 15) is 0 Å². The summed E-state index contributed by atoms with van der Waals surface area (Å²) in [6, 6.07) is 2.13. The molecule has 1 aromatic rings. The molecule has 6 heteroatoms. The van der Waals surface area contributed by atoms with Crippen molar-refractivity contribution in [3.05, 3.63) is 22.4 Å². The molecule has 0 amide bonds. The highest BCUT2D eigenvalue weighted by Gasteiger charge is 2.29. The van der Waals surface area contributed by atoms with Gasteiger partial charge in [0.05, 0.1) is 6.54 Å². The van der Waals surface area contributed by atoms with Crippen LogP contribution in [0.3, 0.4) is 0 Å². The molecule has 0 aromatic carbocycles. The van der Waals surface area contributed by atoms with Crippen molar-refractivity contribution in [1.29, 1.82) is 0 Å². The Morgan fingerprint density at radius 1 is 1.45 bits per heavy atom. The number of thiophene rings is 1. The largest absolute Gasteiger partial charge is 0.357 e.